The Morgan fingerprint density at radius 2 is 1.96 bits per heavy atom. The van der Waals surface area contributed by atoms with Gasteiger partial charge in [0, 0.05) is 6.07 Å². The Bertz CT molecular complexity index is 963. The van der Waals surface area contributed by atoms with Gasteiger partial charge in [-0.25, -0.2) is 0 Å². The molecule has 0 aliphatic heterocycles. The molecule has 0 atom stereocenters. The summed E-state index contributed by atoms with van der Waals surface area (Å²) < 4.78 is 43.5. The van der Waals surface area contributed by atoms with Gasteiger partial charge in [0.05, 0.1) is 15.5 Å². The van der Waals surface area contributed by atoms with Crippen LogP contribution >= 0.6 is 11.6 Å². The van der Waals surface area contributed by atoms with E-state index in [4.69, 9.17) is 16.3 Å². The molecule has 1 heterocycles. The number of nitrogens with zero attached hydrogens (tertiary/aromatic N) is 4. The van der Waals surface area contributed by atoms with Crippen LogP contribution in [0, 0.1) is 10.1 Å². The van der Waals surface area contributed by atoms with Crippen LogP contribution < -0.4 is 4.74 Å². The quantitative estimate of drug-likeness (QED) is 0.531. The fourth-order valence-electron chi connectivity index (χ4n) is 2.08. The lowest BCUT2D eigenvalue weighted by molar-refractivity contribution is -0.384. The van der Waals surface area contributed by atoms with Crippen LogP contribution in [0.4, 0.5) is 18.9 Å². The van der Waals surface area contributed by atoms with Gasteiger partial charge in [0.2, 0.25) is 5.82 Å². The molecule has 26 heavy (non-hydrogen) atoms. The van der Waals surface area contributed by atoms with Crippen molar-refractivity contribution in [2.45, 2.75) is 6.18 Å². The Morgan fingerprint density at radius 1 is 1.19 bits per heavy atom. The maximum absolute atomic E-state index is 12.7. The highest BCUT2D eigenvalue weighted by Gasteiger charge is 2.31. The Hall–Kier alpha value is -3.21. The van der Waals surface area contributed by atoms with E-state index in [2.05, 4.69) is 20.6 Å². The fraction of sp³-hybridized carbons (Fsp3) is 0.0714. The number of nitrogens with one attached hydrogen (secondary N) is 1. The minimum atomic E-state index is -4.54. The number of hydrogen-bond acceptors (Lipinski definition) is 6. The van der Waals surface area contributed by atoms with Crippen LogP contribution in [0.25, 0.3) is 11.4 Å². The number of ether oxygens (including phenoxy) is 1. The first kappa shape index (κ1) is 17.6. The summed E-state index contributed by atoms with van der Waals surface area (Å²) in [6.45, 7) is 0. The van der Waals surface area contributed by atoms with Crippen LogP contribution in [-0.2, 0) is 6.18 Å². The molecule has 0 spiro atoms. The third kappa shape index (κ3) is 3.57. The molecule has 0 aliphatic carbocycles. The van der Waals surface area contributed by atoms with Gasteiger partial charge >= 0.3 is 6.18 Å². The molecule has 0 aliphatic rings. The Kier molecular flexibility index (Phi) is 4.47. The summed E-state index contributed by atoms with van der Waals surface area (Å²) in [5, 5.41) is 23.7. The van der Waals surface area contributed by atoms with Crippen molar-refractivity contribution in [3.05, 3.63) is 57.1 Å². The summed E-state index contributed by atoms with van der Waals surface area (Å²) in [7, 11) is 0. The molecule has 12 heteroatoms. The second kappa shape index (κ2) is 6.59. The van der Waals surface area contributed by atoms with Crippen LogP contribution in [0.15, 0.2) is 36.4 Å². The third-order valence-electron chi connectivity index (χ3n) is 3.24. The second-order valence-corrected chi connectivity index (χ2v) is 5.32. The number of tetrazole rings is 1. The number of H-pyrrole nitrogens is 1. The van der Waals surface area contributed by atoms with Crippen molar-refractivity contribution in [2.75, 3.05) is 0 Å². The predicted molar refractivity (Wildman–Crippen MR) is 82.8 cm³/mol. The highest BCUT2D eigenvalue weighted by molar-refractivity contribution is 6.32. The van der Waals surface area contributed by atoms with Gasteiger partial charge in [-0.3, -0.25) is 10.1 Å². The number of aromatic nitrogens is 4. The van der Waals surface area contributed by atoms with Crippen molar-refractivity contribution < 1.29 is 22.8 Å². The molecule has 0 amide bonds. The van der Waals surface area contributed by atoms with Crippen LogP contribution in [0.1, 0.15) is 5.56 Å². The molecule has 3 rings (SSSR count). The Labute approximate surface area is 147 Å². The van der Waals surface area contributed by atoms with E-state index in [1.807, 2.05) is 0 Å². The number of aromatic amines is 1. The zero-order valence-electron chi connectivity index (χ0n) is 12.5. The lowest BCUT2D eigenvalue weighted by Gasteiger charge is -2.11. The summed E-state index contributed by atoms with van der Waals surface area (Å²) in [4.78, 5) is 10.5. The molecule has 0 radical (unpaired) electrons. The van der Waals surface area contributed by atoms with Crippen LogP contribution in [0.5, 0.6) is 11.5 Å². The molecule has 0 saturated carbocycles. The number of hydrogen-bond donors (Lipinski definition) is 1. The van der Waals surface area contributed by atoms with Gasteiger partial charge in [-0.05, 0) is 35.5 Å². The van der Waals surface area contributed by atoms with Gasteiger partial charge in [0.25, 0.3) is 5.69 Å². The van der Waals surface area contributed by atoms with Crippen LogP contribution in [0.2, 0.25) is 5.02 Å². The molecule has 134 valence electrons. The number of alkyl halides is 3. The maximum atomic E-state index is 12.7. The smallest absolute Gasteiger partial charge is 0.416 e. The topological polar surface area (TPSA) is 107 Å². The first-order valence-electron chi connectivity index (χ1n) is 6.82. The summed E-state index contributed by atoms with van der Waals surface area (Å²) in [5.74, 6) is 0.00491. The van der Waals surface area contributed by atoms with E-state index in [1.165, 1.54) is 12.1 Å². The monoisotopic (exact) mass is 385 g/mol. The number of halogens is 4. The van der Waals surface area contributed by atoms with E-state index in [-0.39, 0.29) is 33.6 Å². The van der Waals surface area contributed by atoms with Crippen molar-refractivity contribution in [3.63, 3.8) is 0 Å². The average molecular weight is 386 g/mol. The van der Waals surface area contributed by atoms with E-state index in [0.29, 0.717) is 0 Å². The van der Waals surface area contributed by atoms with Gasteiger partial charge in [-0.2, -0.15) is 18.4 Å². The highest BCUT2D eigenvalue weighted by atomic mass is 35.5. The average Bonchev–Trinajstić information content (AvgIpc) is 3.10. The molecule has 1 N–H and O–H groups in total. The van der Waals surface area contributed by atoms with Gasteiger partial charge in [0.1, 0.15) is 17.1 Å². The van der Waals surface area contributed by atoms with Gasteiger partial charge in [-0.1, -0.05) is 11.6 Å². The van der Waals surface area contributed by atoms with E-state index in [1.54, 1.807) is 0 Å². The lowest BCUT2D eigenvalue weighted by Crippen LogP contribution is -2.04. The van der Waals surface area contributed by atoms with E-state index < -0.39 is 16.7 Å². The zero-order chi connectivity index (χ0) is 18.9. The lowest BCUT2D eigenvalue weighted by atomic mass is 10.1. The first-order valence-corrected chi connectivity index (χ1v) is 7.20. The van der Waals surface area contributed by atoms with Crippen molar-refractivity contribution in [1.29, 1.82) is 0 Å². The minimum absolute atomic E-state index is 0.0179. The molecule has 0 fully saturated rings. The third-order valence-corrected chi connectivity index (χ3v) is 3.53. The second-order valence-electron chi connectivity index (χ2n) is 4.92. The van der Waals surface area contributed by atoms with Gasteiger partial charge in [-0.15, -0.1) is 10.2 Å². The maximum Gasteiger partial charge on any atom is 0.416 e. The Balaban J connectivity index is 1.96. The Morgan fingerprint density at radius 3 is 2.54 bits per heavy atom. The summed E-state index contributed by atoms with van der Waals surface area (Å²) in [6.07, 6.45) is -4.54. The number of nitro groups is 1. The normalized spacial score (nSPS) is 11.4. The van der Waals surface area contributed by atoms with E-state index >= 15 is 0 Å². The largest absolute Gasteiger partial charge is 0.456 e. The molecule has 3 aromatic rings. The van der Waals surface area contributed by atoms with E-state index in [0.717, 1.165) is 24.3 Å². The van der Waals surface area contributed by atoms with Crippen LogP contribution in [-0.4, -0.2) is 25.5 Å². The molecule has 0 unspecified atom stereocenters. The molecule has 8 nitrogen and oxygen atoms in total. The molecule has 2 aromatic carbocycles. The minimum Gasteiger partial charge on any atom is -0.456 e. The summed E-state index contributed by atoms with van der Waals surface area (Å²) in [5.41, 5.74) is -1.20. The summed E-state index contributed by atoms with van der Waals surface area (Å²) >= 11 is 5.83. The highest BCUT2D eigenvalue weighted by Crippen LogP contribution is 2.38. The van der Waals surface area contributed by atoms with Gasteiger partial charge in [0.15, 0.2) is 0 Å². The van der Waals surface area contributed by atoms with Crippen LogP contribution in [0.3, 0.4) is 0 Å². The first-order chi connectivity index (χ1) is 12.3. The van der Waals surface area contributed by atoms with E-state index in [9.17, 15) is 23.3 Å². The zero-order valence-corrected chi connectivity index (χ0v) is 13.2. The number of benzene rings is 2. The van der Waals surface area contributed by atoms with Crippen molar-refractivity contribution in [1.82, 2.24) is 20.6 Å². The number of nitro benzene ring substituents is 1. The molecule has 1 aromatic heterocycles. The summed E-state index contributed by atoms with van der Waals surface area (Å²) in [6, 6.07) is 6.28. The number of rotatable bonds is 4. The molecule has 0 bridgehead atoms. The van der Waals surface area contributed by atoms with Crippen molar-refractivity contribution in [2.24, 2.45) is 0 Å². The van der Waals surface area contributed by atoms with Gasteiger partial charge < -0.3 is 4.74 Å². The predicted octanol–water partition coefficient (Wildman–Crippen LogP) is 4.24. The molecule has 0 saturated heterocycles. The van der Waals surface area contributed by atoms with Crippen molar-refractivity contribution >= 4 is 17.3 Å². The standard InChI is InChI=1S/C14H7ClF3N5O3/c15-10-5-7(14(16,17)18)1-4-12(10)26-8-2-3-11(23(24)25)9(6-8)13-19-21-22-20-13/h1-6H,(H,19,20,21,22). The molecular formula is C14H7ClF3N5O3. The van der Waals surface area contributed by atoms with Crippen molar-refractivity contribution in [3.8, 4) is 22.9 Å². The molecular weight excluding hydrogens is 379 g/mol. The fourth-order valence-corrected chi connectivity index (χ4v) is 2.30. The SMILES string of the molecule is O=[N+]([O-])c1ccc(Oc2ccc(C(F)(F)F)cc2Cl)cc1-c1nn[nH]n1.